The molecule has 1 fully saturated rings. The smallest absolute Gasteiger partial charge is 0.319 e. The van der Waals surface area contributed by atoms with Gasteiger partial charge in [-0.15, -0.1) is 0 Å². The first kappa shape index (κ1) is 15.2. The van der Waals surface area contributed by atoms with Crippen LogP contribution in [0.3, 0.4) is 0 Å². The van der Waals surface area contributed by atoms with Crippen LogP contribution in [0.2, 0.25) is 0 Å². The molecule has 1 aromatic rings. The highest BCUT2D eigenvalue weighted by Gasteiger charge is 2.22. The van der Waals surface area contributed by atoms with Crippen LogP contribution in [0.4, 0.5) is 10.5 Å². The molecule has 2 unspecified atom stereocenters. The van der Waals surface area contributed by atoms with Gasteiger partial charge < -0.3 is 15.4 Å². The van der Waals surface area contributed by atoms with Crippen LogP contribution in [0.15, 0.2) is 24.3 Å². The lowest BCUT2D eigenvalue weighted by Crippen LogP contribution is -2.43. The van der Waals surface area contributed by atoms with Crippen molar-refractivity contribution in [1.29, 1.82) is 5.26 Å². The van der Waals surface area contributed by atoms with Crippen molar-refractivity contribution >= 4 is 11.7 Å². The third-order valence-electron chi connectivity index (χ3n) is 3.84. The molecular weight excluding hydrogens is 266 g/mol. The third kappa shape index (κ3) is 4.67. The summed E-state index contributed by atoms with van der Waals surface area (Å²) in [5, 5.41) is 14.3. The van der Waals surface area contributed by atoms with Gasteiger partial charge in [0, 0.05) is 11.7 Å². The van der Waals surface area contributed by atoms with E-state index in [0.29, 0.717) is 17.4 Å². The minimum atomic E-state index is -0.167. The van der Waals surface area contributed by atoms with Gasteiger partial charge in [-0.25, -0.2) is 4.79 Å². The van der Waals surface area contributed by atoms with E-state index in [0.717, 1.165) is 6.42 Å². The van der Waals surface area contributed by atoms with E-state index in [-0.39, 0.29) is 18.7 Å². The summed E-state index contributed by atoms with van der Waals surface area (Å²) < 4.78 is 5.16. The number of carbonyl (C=O) groups excluding carboxylic acids is 1. The molecule has 1 saturated carbocycles. The van der Waals surface area contributed by atoms with E-state index in [4.69, 9.17) is 10.00 Å². The van der Waals surface area contributed by atoms with Gasteiger partial charge in [0.15, 0.2) is 6.61 Å². The molecule has 1 aliphatic carbocycles. The largest absolute Gasteiger partial charge is 0.479 e. The van der Waals surface area contributed by atoms with Crippen molar-refractivity contribution in [1.82, 2.24) is 5.32 Å². The number of hydrogen-bond donors (Lipinski definition) is 2. The fourth-order valence-electron chi connectivity index (χ4n) is 2.62. The molecular formula is C16H21N3O2. The SMILES string of the molecule is CC1CCCCC1NC(=O)Nc1ccc(OCC#N)cc1. The highest BCUT2D eigenvalue weighted by Crippen LogP contribution is 2.23. The van der Waals surface area contributed by atoms with Crippen molar-refractivity contribution in [3.8, 4) is 11.8 Å². The molecule has 0 saturated heterocycles. The zero-order valence-electron chi connectivity index (χ0n) is 12.3. The summed E-state index contributed by atoms with van der Waals surface area (Å²) in [5.74, 6) is 1.15. The lowest BCUT2D eigenvalue weighted by atomic mass is 9.86. The van der Waals surface area contributed by atoms with Gasteiger partial charge >= 0.3 is 6.03 Å². The first-order valence-electron chi connectivity index (χ1n) is 7.36. The molecule has 2 rings (SSSR count). The van der Waals surface area contributed by atoms with E-state index in [2.05, 4.69) is 17.6 Å². The van der Waals surface area contributed by atoms with Gasteiger partial charge in [-0.2, -0.15) is 5.26 Å². The van der Waals surface area contributed by atoms with Gasteiger partial charge in [0.1, 0.15) is 11.8 Å². The number of nitriles is 1. The van der Waals surface area contributed by atoms with Crippen LogP contribution in [-0.2, 0) is 0 Å². The van der Waals surface area contributed by atoms with Crippen LogP contribution in [0.5, 0.6) is 5.75 Å². The van der Waals surface area contributed by atoms with Gasteiger partial charge in [-0.1, -0.05) is 19.8 Å². The van der Waals surface area contributed by atoms with Gasteiger partial charge in [-0.3, -0.25) is 0 Å². The van der Waals surface area contributed by atoms with Crippen LogP contribution in [0.1, 0.15) is 32.6 Å². The Morgan fingerprint density at radius 2 is 2.05 bits per heavy atom. The average Bonchev–Trinajstić information content (AvgIpc) is 2.49. The van der Waals surface area contributed by atoms with Crippen molar-refractivity contribution < 1.29 is 9.53 Å². The Morgan fingerprint density at radius 1 is 1.33 bits per heavy atom. The molecule has 0 heterocycles. The fourth-order valence-corrected chi connectivity index (χ4v) is 2.62. The Morgan fingerprint density at radius 3 is 2.71 bits per heavy atom. The van der Waals surface area contributed by atoms with Crippen LogP contribution >= 0.6 is 0 Å². The molecule has 112 valence electrons. The fraction of sp³-hybridized carbons (Fsp3) is 0.500. The number of nitrogens with one attached hydrogen (secondary N) is 2. The summed E-state index contributed by atoms with van der Waals surface area (Å²) in [6.07, 6.45) is 4.66. The average molecular weight is 287 g/mol. The van der Waals surface area contributed by atoms with Gasteiger partial charge in [0.05, 0.1) is 0 Å². The van der Waals surface area contributed by atoms with Crippen LogP contribution in [0.25, 0.3) is 0 Å². The van der Waals surface area contributed by atoms with Gasteiger partial charge in [0.25, 0.3) is 0 Å². The van der Waals surface area contributed by atoms with Crippen LogP contribution < -0.4 is 15.4 Å². The maximum Gasteiger partial charge on any atom is 0.319 e. The maximum atomic E-state index is 12.0. The van der Waals surface area contributed by atoms with E-state index < -0.39 is 0 Å². The Bertz CT molecular complexity index is 507. The normalized spacial score (nSPS) is 21.1. The zero-order chi connectivity index (χ0) is 15.1. The molecule has 0 spiro atoms. The minimum absolute atomic E-state index is 0.0207. The number of nitrogens with zero attached hydrogens (tertiary/aromatic N) is 1. The second-order valence-electron chi connectivity index (χ2n) is 5.44. The highest BCUT2D eigenvalue weighted by molar-refractivity contribution is 5.89. The molecule has 5 heteroatoms. The lowest BCUT2D eigenvalue weighted by molar-refractivity contribution is 0.232. The van der Waals surface area contributed by atoms with Crippen molar-refractivity contribution in [2.45, 2.75) is 38.6 Å². The Balaban J connectivity index is 1.83. The molecule has 0 bridgehead atoms. The van der Waals surface area contributed by atoms with E-state index >= 15 is 0 Å². The number of ether oxygens (including phenoxy) is 1. The Hall–Kier alpha value is -2.22. The summed E-state index contributed by atoms with van der Waals surface area (Å²) in [6, 6.07) is 8.99. The monoisotopic (exact) mass is 287 g/mol. The number of anilines is 1. The van der Waals surface area contributed by atoms with Crippen molar-refractivity contribution in [2.24, 2.45) is 5.92 Å². The van der Waals surface area contributed by atoms with Crippen LogP contribution in [0, 0.1) is 17.2 Å². The van der Waals surface area contributed by atoms with Crippen molar-refractivity contribution in [2.75, 3.05) is 11.9 Å². The summed E-state index contributed by atoms with van der Waals surface area (Å²) >= 11 is 0. The molecule has 2 N–H and O–H groups in total. The Kier molecular flexibility index (Phi) is 5.44. The maximum absolute atomic E-state index is 12.0. The number of benzene rings is 1. The topological polar surface area (TPSA) is 74.2 Å². The standard InChI is InChI=1S/C16H21N3O2/c1-12-4-2-3-5-15(12)19-16(20)18-13-6-8-14(9-7-13)21-11-10-17/h6-9,12,15H,2-5,11H2,1H3,(H2,18,19,20). The molecule has 0 radical (unpaired) electrons. The quantitative estimate of drug-likeness (QED) is 0.892. The first-order chi connectivity index (χ1) is 10.2. The molecule has 1 aromatic carbocycles. The van der Waals surface area contributed by atoms with Gasteiger partial charge in [0.2, 0.25) is 0 Å². The second-order valence-corrected chi connectivity index (χ2v) is 5.44. The summed E-state index contributed by atoms with van der Waals surface area (Å²) in [6.45, 7) is 2.21. The zero-order valence-corrected chi connectivity index (χ0v) is 12.3. The van der Waals surface area contributed by atoms with Crippen molar-refractivity contribution in [3.63, 3.8) is 0 Å². The predicted molar refractivity (Wildman–Crippen MR) is 81.1 cm³/mol. The van der Waals surface area contributed by atoms with Crippen LogP contribution in [-0.4, -0.2) is 18.7 Å². The molecule has 2 atom stereocenters. The van der Waals surface area contributed by atoms with Crippen molar-refractivity contribution in [3.05, 3.63) is 24.3 Å². The highest BCUT2D eigenvalue weighted by atomic mass is 16.5. The Labute approximate surface area is 125 Å². The van der Waals surface area contributed by atoms with E-state index in [1.807, 2.05) is 6.07 Å². The number of carbonyl (C=O) groups is 1. The molecule has 1 aliphatic rings. The third-order valence-corrected chi connectivity index (χ3v) is 3.84. The summed E-state index contributed by atoms with van der Waals surface area (Å²) in [4.78, 5) is 12.0. The van der Waals surface area contributed by atoms with E-state index in [1.165, 1.54) is 19.3 Å². The lowest BCUT2D eigenvalue weighted by Gasteiger charge is -2.29. The van der Waals surface area contributed by atoms with E-state index in [1.54, 1.807) is 24.3 Å². The summed E-state index contributed by atoms with van der Waals surface area (Å²) in [7, 11) is 0. The molecule has 0 aliphatic heterocycles. The minimum Gasteiger partial charge on any atom is -0.479 e. The second kappa shape index (κ2) is 7.53. The number of amides is 2. The molecule has 0 aromatic heterocycles. The van der Waals surface area contributed by atoms with E-state index in [9.17, 15) is 4.79 Å². The molecule has 2 amide bonds. The first-order valence-corrected chi connectivity index (χ1v) is 7.36. The number of urea groups is 1. The molecule has 5 nitrogen and oxygen atoms in total. The number of rotatable bonds is 4. The number of hydrogen-bond acceptors (Lipinski definition) is 3. The summed E-state index contributed by atoms with van der Waals surface area (Å²) in [5.41, 5.74) is 0.709. The predicted octanol–water partition coefficient (Wildman–Crippen LogP) is 3.29. The molecule has 21 heavy (non-hydrogen) atoms. The van der Waals surface area contributed by atoms with Gasteiger partial charge in [-0.05, 0) is 43.0 Å².